The lowest BCUT2D eigenvalue weighted by Gasteiger charge is -2.31. The number of pyridine rings is 1. The number of anilines is 1. The van der Waals surface area contributed by atoms with Crippen LogP contribution in [0.3, 0.4) is 0 Å². The molecule has 270 valence electrons. The number of rotatable bonds is 8. The first kappa shape index (κ1) is 34.4. The number of hydrogen-bond acceptors (Lipinski definition) is 10. The van der Waals surface area contributed by atoms with Crippen LogP contribution in [0.15, 0.2) is 53.2 Å². The van der Waals surface area contributed by atoms with Crippen molar-refractivity contribution < 1.29 is 18.4 Å². The normalized spacial score (nSPS) is 19.0. The number of carbonyl (C=O) groups is 1. The highest BCUT2D eigenvalue weighted by Crippen LogP contribution is 2.40. The molecule has 0 spiro atoms. The lowest BCUT2D eigenvalue weighted by Crippen LogP contribution is -2.43. The van der Waals surface area contributed by atoms with E-state index >= 15 is 4.39 Å². The number of amides is 1. The van der Waals surface area contributed by atoms with Crippen LogP contribution in [0.4, 0.5) is 10.2 Å². The first-order chi connectivity index (χ1) is 25.0. The SMILES string of the molecule is CN(c1nc(OCC23CCCN2CCC3)nc2c(F)c(-c3cccc4cccc(Cl)c34)ncc12)[C@@H]1CCN(C(=O)/C=C/c2nc(C(C)(C)C)no2)C1. The maximum atomic E-state index is 16.9. The summed E-state index contributed by atoms with van der Waals surface area (Å²) in [5.74, 6) is 0.619. The molecule has 0 radical (unpaired) electrons. The van der Waals surface area contributed by atoms with Crippen molar-refractivity contribution in [2.24, 2.45) is 0 Å². The molecule has 2 aromatic carbocycles. The largest absolute Gasteiger partial charge is 0.461 e. The Kier molecular flexibility index (Phi) is 8.85. The zero-order valence-electron chi connectivity index (χ0n) is 29.9. The summed E-state index contributed by atoms with van der Waals surface area (Å²) >= 11 is 6.65. The molecular weight excluding hydrogens is 683 g/mol. The van der Waals surface area contributed by atoms with Crippen LogP contribution in [0, 0.1) is 5.82 Å². The average Bonchev–Trinajstić information content (AvgIpc) is 3.94. The third kappa shape index (κ3) is 6.25. The summed E-state index contributed by atoms with van der Waals surface area (Å²) in [7, 11) is 1.91. The predicted octanol–water partition coefficient (Wildman–Crippen LogP) is 7.08. The van der Waals surface area contributed by atoms with Gasteiger partial charge in [-0.2, -0.15) is 15.0 Å². The lowest BCUT2D eigenvalue weighted by atomic mass is 9.95. The maximum absolute atomic E-state index is 16.9. The summed E-state index contributed by atoms with van der Waals surface area (Å²) in [6.45, 7) is 9.54. The Bertz CT molecular complexity index is 2180. The molecule has 0 saturated carbocycles. The fourth-order valence-corrected chi connectivity index (χ4v) is 8.27. The van der Waals surface area contributed by atoms with Gasteiger partial charge in [-0.25, -0.2) is 4.39 Å². The average molecular weight is 725 g/mol. The molecule has 11 nitrogen and oxygen atoms in total. The van der Waals surface area contributed by atoms with E-state index in [9.17, 15) is 4.79 Å². The van der Waals surface area contributed by atoms with Gasteiger partial charge in [0.05, 0.1) is 10.9 Å². The van der Waals surface area contributed by atoms with Gasteiger partial charge >= 0.3 is 6.01 Å². The molecule has 5 aromatic rings. The molecule has 13 heteroatoms. The van der Waals surface area contributed by atoms with E-state index < -0.39 is 5.82 Å². The summed E-state index contributed by atoms with van der Waals surface area (Å²) in [5, 5.41) is 6.61. The number of likely N-dealkylation sites (N-methyl/N-ethyl adjacent to an activating group) is 1. The van der Waals surface area contributed by atoms with Crippen LogP contribution in [-0.4, -0.2) is 92.2 Å². The summed E-state index contributed by atoms with van der Waals surface area (Å²) in [6, 6.07) is 11.3. The highest BCUT2D eigenvalue weighted by atomic mass is 35.5. The molecule has 52 heavy (non-hydrogen) atoms. The molecule has 3 aromatic heterocycles. The van der Waals surface area contributed by atoms with Gasteiger partial charge in [0, 0.05) is 65.9 Å². The van der Waals surface area contributed by atoms with E-state index in [1.165, 1.54) is 6.08 Å². The molecule has 1 atom stereocenters. The summed E-state index contributed by atoms with van der Waals surface area (Å²) < 4.78 is 28.6. The number of likely N-dealkylation sites (tertiary alicyclic amines) is 1. The van der Waals surface area contributed by atoms with Crippen molar-refractivity contribution in [3.8, 4) is 17.3 Å². The monoisotopic (exact) mass is 724 g/mol. The van der Waals surface area contributed by atoms with Crippen molar-refractivity contribution in [1.82, 2.24) is 34.9 Å². The van der Waals surface area contributed by atoms with Gasteiger partial charge in [0.15, 0.2) is 11.6 Å². The molecule has 1 amide bonds. The molecule has 6 heterocycles. The molecule has 0 bridgehead atoms. The van der Waals surface area contributed by atoms with Gasteiger partial charge in [-0.1, -0.05) is 67.9 Å². The highest BCUT2D eigenvalue weighted by Gasteiger charge is 2.45. The Hall–Kier alpha value is -4.68. The summed E-state index contributed by atoms with van der Waals surface area (Å²) in [4.78, 5) is 38.2. The van der Waals surface area contributed by atoms with Crippen molar-refractivity contribution in [1.29, 1.82) is 0 Å². The van der Waals surface area contributed by atoms with Crippen molar-refractivity contribution in [3.63, 3.8) is 0 Å². The van der Waals surface area contributed by atoms with Gasteiger partial charge in [0.25, 0.3) is 5.89 Å². The highest BCUT2D eigenvalue weighted by molar-refractivity contribution is 6.36. The van der Waals surface area contributed by atoms with E-state index in [0.717, 1.165) is 49.5 Å². The van der Waals surface area contributed by atoms with Crippen LogP contribution in [0.5, 0.6) is 6.01 Å². The van der Waals surface area contributed by atoms with Crippen LogP contribution in [0.25, 0.3) is 39.0 Å². The number of benzene rings is 2. The van der Waals surface area contributed by atoms with Gasteiger partial charge in [-0.3, -0.25) is 14.7 Å². The fraction of sp³-hybridized carbons (Fsp3) is 0.436. The van der Waals surface area contributed by atoms with Crippen LogP contribution in [0.1, 0.15) is 64.6 Å². The minimum Gasteiger partial charge on any atom is -0.461 e. The number of ether oxygens (including phenoxy) is 1. The Balaban J connectivity index is 1.11. The van der Waals surface area contributed by atoms with Gasteiger partial charge in [0.1, 0.15) is 23.6 Å². The first-order valence-corrected chi connectivity index (χ1v) is 18.3. The van der Waals surface area contributed by atoms with E-state index in [4.69, 9.17) is 30.8 Å². The molecule has 8 rings (SSSR count). The Morgan fingerprint density at radius 2 is 1.88 bits per heavy atom. The fourth-order valence-electron chi connectivity index (χ4n) is 7.98. The molecular formula is C39H42ClFN8O3. The van der Waals surface area contributed by atoms with Crippen LogP contribution < -0.4 is 9.64 Å². The summed E-state index contributed by atoms with van der Waals surface area (Å²) in [5.41, 5.74) is 0.552. The Labute approximate surface area is 306 Å². The van der Waals surface area contributed by atoms with Gasteiger partial charge in [-0.15, -0.1) is 0 Å². The van der Waals surface area contributed by atoms with Crippen molar-refractivity contribution in [3.05, 3.63) is 71.2 Å². The zero-order chi connectivity index (χ0) is 36.2. The molecule has 3 aliphatic rings. The number of nitrogens with zero attached hydrogens (tertiary/aromatic N) is 8. The third-order valence-corrected chi connectivity index (χ3v) is 11.2. The van der Waals surface area contributed by atoms with Crippen molar-refractivity contribution >= 4 is 51.1 Å². The third-order valence-electron chi connectivity index (χ3n) is 10.9. The molecule has 0 N–H and O–H groups in total. The number of carbonyl (C=O) groups excluding carboxylic acids is 1. The molecule has 0 aliphatic carbocycles. The molecule has 3 fully saturated rings. The van der Waals surface area contributed by atoms with E-state index in [0.29, 0.717) is 53.7 Å². The van der Waals surface area contributed by atoms with Crippen LogP contribution in [0.2, 0.25) is 5.02 Å². The van der Waals surface area contributed by atoms with E-state index in [-0.39, 0.29) is 46.0 Å². The van der Waals surface area contributed by atoms with Crippen LogP contribution >= 0.6 is 11.6 Å². The summed E-state index contributed by atoms with van der Waals surface area (Å²) in [6.07, 6.45) is 9.71. The number of aromatic nitrogens is 5. The van der Waals surface area contributed by atoms with Gasteiger partial charge in [0.2, 0.25) is 5.91 Å². The van der Waals surface area contributed by atoms with E-state index in [2.05, 4.69) is 20.0 Å². The number of halogens is 2. The predicted molar refractivity (Wildman–Crippen MR) is 199 cm³/mol. The van der Waals surface area contributed by atoms with Crippen LogP contribution in [-0.2, 0) is 10.2 Å². The number of hydrogen-bond donors (Lipinski definition) is 0. The van der Waals surface area contributed by atoms with Gasteiger partial charge < -0.3 is 19.1 Å². The van der Waals surface area contributed by atoms with E-state index in [1.807, 2.05) is 63.1 Å². The van der Waals surface area contributed by atoms with E-state index in [1.54, 1.807) is 23.2 Å². The maximum Gasteiger partial charge on any atom is 0.319 e. The van der Waals surface area contributed by atoms with Crippen molar-refractivity contribution in [2.45, 2.75) is 69.9 Å². The topological polar surface area (TPSA) is 114 Å². The quantitative estimate of drug-likeness (QED) is 0.154. The second kappa shape index (κ2) is 13.4. The zero-order valence-corrected chi connectivity index (χ0v) is 30.7. The minimum atomic E-state index is -0.572. The second-order valence-electron chi connectivity index (χ2n) is 15.2. The first-order valence-electron chi connectivity index (χ1n) is 18.0. The smallest absolute Gasteiger partial charge is 0.319 e. The second-order valence-corrected chi connectivity index (χ2v) is 15.6. The number of fused-ring (bicyclic) bond motifs is 3. The Morgan fingerprint density at radius 3 is 2.63 bits per heavy atom. The lowest BCUT2D eigenvalue weighted by molar-refractivity contribution is -0.124. The molecule has 3 aliphatic heterocycles. The molecule has 0 unspecified atom stereocenters. The Morgan fingerprint density at radius 1 is 1.12 bits per heavy atom. The standard InChI is InChI=1S/C39H42ClFN8O3/c1-38(2,3)36-43-29(52-46-36)13-14-30(50)48-20-15-25(22-48)47(4)35-27-21-42-33(26-11-5-9-24-10-6-12-28(40)31(24)26)32(41)34(27)44-37(45-35)51-23-39-16-7-18-49(39)19-8-17-39/h5-6,9-14,21,25H,7-8,15-20,22-23H2,1-4H3/b14-13+/t25-/m1/s1. The molecule has 3 saturated heterocycles. The minimum absolute atomic E-state index is 0.0403. The van der Waals surface area contributed by atoms with Crippen molar-refractivity contribution in [2.75, 3.05) is 44.7 Å². The van der Waals surface area contributed by atoms with Gasteiger partial charge in [-0.05, 0) is 56.6 Å².